The smallest absolute Gasteiger partial charge is 0.226 e. The van der Waals surface area contributed by atoms with Crippen LogP contribution in [-0.2, 0) is 0 Å². The number of aryl methyl sites for hydroxylation is 1. The van der Waals surface area contributed by atoms with Gasteiger partial charge in [-0.25, -0.2) is 19.9 Å². The number of nitrogens with two attached hydrogens (primary N) is 1. The van der Waals surface area contributed by atoms with Crippen LogP contribution in [0.4, 0.5) is 17.6 Å². The van der Waals surface area contributed by atoms with Crippen molar-refractivity contribution in [3.05, 3.63) is 42.4 Å². The Hall–Kier alpha value is -2.96. The summed E-state index contributed by atoms with van der Waals surface area (Å²) >= 11 is 0. The zero-order valence-electron chi connectivity index (χ0n) is 13.6. The van der Waals surface area contributed by atoms with Gasteiger partial charge in [0.25, 0.3) is 0 Å². The molecule has 1 aromatic carbocycles. The van der Waals surface area contributed by atoms with E-state index in [-0.39, 0.29) is 0 Å². The van der Waals surface area contributed by atoms with E-state index in [1.807, 2.05) is 31.2 Å². The van der Waals surface area contributed by atoms with E-state index in [1.54, 1.807) is 12.4 Å². The first-order valence-corrected chi connectivity index (χ1v) is 8.01. The molecule has 24 heavy (non-hydrogen) atoms. The molecule has 0 atom stereocenters. The van der Waals surface area contributed by atoms with Gasteiger partial charge in [-0.3, -0.25) is 0 Å². The second kappa shape index (κ2) is 5.92. The summed E-state index contributed by atoms with van der Waals surface area (Å²) in [4.78, 5) is 22.4. The Morgan fingerprint density at radius 1 is 0.917 bits per heavy atom. The van der Waals surface area contributed by atoms with E-state index >= 15 is 0 Å². The number of hydrogen-bond acceptors (Lipinski definition) is 7. The molecule has 1 aliphatic rings. The number of hydrogen-bond donors (Lipinski definition) is 1. The first-order chi connectivity index (χ1) is 11.7. The normalized spacial score (nSPS) is 15.0. The van der Waals surface area contributed by atoms with Gasteiger partial charge in [-0.15, -0.1) is 0 Å². The molecular weight excluding hydrogens is 302 g/mol. The van der Waals surface area contributed by atoms with E-state index < -0.39 is 0 Å². The van der Waals surface area contributed by atoms with Crippen LogP contribution in [0.2, 0.25) is 0 Å². The number of nitrogen functional groups attached to an aromatic ring is 1. The lowest BCUT2D eigenvalue weighted by Gasteiger charge is -2.34. The van der Waals surface area contributed by atoms with Gasteiger partial charge in [-0.05, 0) is 31.2 Å². The van der Waals surface area contributed by atoms with Crippen molar-refractivity contribution in [3.8, 4) is 0 Å². The maximum Gasteiger partial charge on any atom is 0.226 e. The standard InChI is InChI=1S/C17H19N7/c1-12-14-11-13(18)3-4-15(14)22-17(21-12)24-9-7-23(8-10-24)16-19-5-2-6-20-16/h2-6,11H,7-10,18H2,1H3. The lowest BCUT2D eigenvalue weighted by molar-refractivity contribution is 0.628. The van der Waals surface area contributed by atoms with Crippen molar-refractivity contribution in [1.29, 1.82) is 0 Å². The number of fused-ring (bicyclic) bond motifs is 1. The highest BCUT2D eigenvalue weighted by molar-refractivity contribution is 5.84. The predicted octanol–water partition coefficient (Wildman–Crippen LogP) is 1.64. The van der Waals surface area contributed by atoms with E-state index in [1.165, 1.54) is 0 Å². The average Bonchev–Trinajstić information content (AvgIpc) is 2.63. The van der Waals surface area contributed by atoms with Crippen molar-refractivity contribution < 1.29 is 0 Å². The third-order valence-corrected chi connectivity index (χ3v) is 4.30. The van der Waals surface area contributed by atoms with Crippen LogP contribution in [0.1, 0.15) is 5.69 Å². The summed E-state index contributed by atoms with van der Waals surface area (Å²) < 4.78 is 0. The Morgan fingerprint density at radius 3 is 2.29 bits per heavy atom. The maximum atomic E-state index is 5.86. The van der Waals surface area contributed by atoms with Crippen LogP contribution >= 0.6 is 0 Å². The first-order valence-electron chi connectivity index (χ1n) is 8.01. The molecule has 122 valence electrons. The number of nitrogens with zero attached hydrogens (tertiary/aromatic N) is 6. The Kier molecular flexibility index (Phi) is 3.60. The highest BCUT2D eigenvalue weighted by Gasteiger charge is 2.21. The molecule has 0 spiro atoms. The number of piperazine rings is 1. The topological polar surface area (TPSA) is 84.1 Å². The van der Waals surface area contributed by atoms with Gasteiger partial charge in [0, 0.05) is 49.6 Å². The van der Waals surface area contributed by atoms with Crippen LogP contribution in [-0.4, -0.2) is 46.1 Å². The SMILES string of the molecule is Cc1nc(N2CCN(c3ncccn3)CC2)nc2ccc(N)cc12. The third kappa shape index (κ3) is 2.68. The van der Waals surface area contributed by atoms with Gasteiger partial charge in [0.2, 0.25) is 11.9 Å². The summed E-state index contributed by atoms with van der Waals surface area (Å²) in [7, 11) is 0. The minimum absolute atomic E-state index is 0.735. The van der Waals surface area contributed by atoms with Crippen molar-refractivity contribution in [2.24, 2.45) is 0 Å². The molecule has 1 aliphatic heterocycles. The zero-order chi connectivity index (χ0) is 16.5. The summed E-state index contributed by atoms with van der Waals surface area (Å²) in [5, 5.41) is 1.01. The quantitative estimate of drug-likeness (QED) is 0.718. The summed E-state index contributed by atoms with van der Waals surface area (Å²) in [6.45, 7) is 5.40. The van der Waals surface area contributed by atoms with E-state index in [4.69, 9.17) is 10.7 Å². The molecule has 1 saturated heterocycles. The van der Waals surface area contributed by atoms with Crippen molar-refractivity contribution in [2.75, 3.05) is 41.7 Å². The number of rotatable bonds is 2. The van der Waals surface area contributed by atoms with Gasteiger partial charge in [0.15, 0.2) is 0 Å². The number of benzene rings is 1. The van der Waals surface area contributed by atoms with Crippen LogP contribution in [0.3, 0.4) is 0 Å². The monoisotopic (exact) mass is 321 g/mol. The van der Waals surface area contributed by atoms with Gasteiger partial charge in [0.1, 0.15) is 0 Å². The predicted molar refractivity (Wildman–Crippen MR) is 95.1 cm³/mol. The molecule has 0 saturated carbocycles. The van der Waals surface area contributed by atoms with E-state index in [9.17, 15) is 0 Å². The van der Waals surface area contributed by atoms with Gasteiger partial charge >= 0.3 is 0 Å². The Morgan fingerprint density at radius 2 is 1.58 bits per heavy atom. The molecule has 0 unspecified atom stereocenters. The molecule has 0 aliphatic carbocycles. The van der Waals surface area contributed by atoms with Gasteiger partial charge in [-0.1, -0.05) is 0 Å². The molecule has 3 heterocycles. The lowest BCUT2D eigenvalue weighted by atomic mass is 10.2. The second-order valence-electron chi connectivity index (χ2n) is 5.91. The van der Waals surface area contributed by atoms with E-state index in [2.05, 4.69) is 24.8 Å². The zero-order valence-corrected chi connectivity index (χ0v) is 13.6. The molecule has 7 heteroatoms. The number of anilines is 3. The molecule has 7 nitrogen and oxygen atoms in total. The Bertz CT molecular complexity index is 857. The van der Waals surface area contributed by atoms with Crippen LogP contribution in [0, 0.1) is 6.92 Å². The molecule has 0 bridgehead atoms. The van der Waals surface area contributed by atoms with Gasteiger partial charge in [0.05, 0.1) is 11.2 Å². The van der Waals surface area contributed by atoms with Crippen molar-refractivity contribution in [2.45, 2.75) is 6.92 Å². The van der Waals surface area contributed by atoms with Gasteiger partial charge < -0.3 is 15.5 Å². The van der Waals surface area contributed by atoms with Crippen LogP contribution in [0.5, 0.6) is 0 Å². The Balaban J connectivity index is 1.55. The lowest BCUT2D eigenvalue weighted by Crippen LogP contribution is -2.47. The minimum atomic E-state index is 0.735. The fraction of sp³-hybridized carbons (Fsp3) is 0.294. The third-order valence-electron chi connectivity index (χ3n) is 4.30. The van der Waals surface area contributed by atoms with Crippen molar-refractivity contribution in [1.82, 2.24) is 19.9 Å². The average molecular weight is 321 g/mol. The summed E-state index contributed by atoms with van der Waals surface area (Å²) in [6, 6.07) is 7.59. The molecule has 2 aromatic heterocycles. The fourth-order valence-corrected chi connectivity index (χ4v) is 2.99. The van der Waals surface area contributed by atoms with Crippen LogP contribution in [0.25, 0.3) is 10.9 Å². The highest BCUT2D eigenvalue weighted by Crippen LogP contribution is 2.22. The highest BCUT2D eigenvalue weighted by atomic mass is 15.3. The molecule has 0 amide bonds. The minimum Gasteiger partial charge on any atom is -0.399 e. The molecule has 4 rings (SSSR count). The first kappa shape index (κ1) is 14.6. The van der Waals surface area contributed by atoms with Crippen molar-refractivity contribution >= 4 is 28.5 Å². The molecule has 0 radical (unpaired) electrons. The summed E-state index contributed by atoms with van der Waals surface area (Å²) in [5.41, 5.74) is 8.48. The number of aromatic nitrogens is 4. The largest absolute Gasteiger partial charge is 0.399 e. The molecule has 3 aromatic rings. The van der Waals surface area contributed by atoms with Crippen LogP contribution in [0.15, 0.2) is 36.7 Å². The molecular formula is C17H19N7. The van der Waals surface area contributed by atoms with Gasteiger partial charge in [-0.2, -0.15) is 0 Å². The molecule has 1 fully saturated rings. The van der Waals surface area contributed by atoms with E-state index in [0.29, 0.717) is 0 Å². The summed E-state index contributed by atoms with van der Waals surface area (Å²) in [5.74, 6) is 1.56. The van der Waals surface area contributed by atoms with Crippen LogP contribution < -0.4 is 15.5 Å². The Labute approximate surface area is 140 Å². The summed E-state index contributed by atoms with van der Waals surface area (Å²) in [6.07, 6.45) is 3.55. The fourth-order valence-electron chi connectivity index (χ4n) is 2.99. The molecule has 2 N–H and O–H groups in total. The van der Waals surface area contributed by atoms with Crippen molar-refractivity contribution in [3.63, 3.8) is 0 Å². The van der Waals surface area contributed by atoms with E-state index in [0.717, 1.165) is 60.4 Å². The maximum absolute atomic E-state index is 5.86. The second-order valence-corrected chi connectivity index (χ2v) is 5.91.